The van der Waals surface area contributed by atoms with Crippen molar-refractivity contribution in [3.8, 4) is 17.1 Å². The number of para-hydroxylation sites is 1. The molecule has 1 N–H and O–H groups in total. The number of rotatable bonds is 2. The summed E-state index contributed by atoms with van der Waals surface area (Å²) in [6, 6.07) is 12.0. The number of anilines is 1. The van der Waals surface area contributed by atoms with Gasteiger partial charge in [0.1, 0.15) is 0 Å². The van der Waals surface area contributed by atoms with E-state index in [0.717, 1.165) is 19.9 Å². The van der Waals surface area contributed by atoms with Gasteiger partial charge in [0.2, 0.25) is 17.3 Å². The second-order valence-corrected chi connectivity index (χ2v) is 8.05. The molecule has 116 valence electrons. The van der Waals surface area contributed by atoms with Gasteiger partial charge in [0.25, 0.3) is 0 Å². The minimum absolute atomic E-state index is 0.319. The zero-order valence-corrected chi connectivity index (χ0v) is 15.2. The molecule has 4 rings (SSSR count). The molecule has 1 aliphatic heterocycles. The molecular weight excluding hydrogens is 396 g/mol. The Labute approximate surface area is 149 Å². The van der Waals surface area contributed by atoms with Crippen molar-refractivity contribution in [1.82, 2.24) is 15.2 Å². The first-order chi connectivity index (χ1) is 11.2. The Hall–Kier alpha value is -1.64. The van der Waals surface area contributed by atoms with Crippen LogP contribution in [0, 0.1) is 0 Å². The number of hydrogen-bond acceptors (Lipinski definition) is 7. The molecule has 3 heterocycles. The molecule has 0 bridgehead atoms. The lowest BCUT2D eigenvalue weighted by molar-refractivity contribution is 0.229. The summed E-state index contributed by atoms with van der Waals surface area (Å²) in [6.45, 7) is 0. The molecule has 0 fully saturated rings. The van der Waals surface area contributed by atoms with Gasteiger partial charge in [0.15, 0.2) is 5.69 Å². The van der Waals surface area contributed by atoms with Crippen molar-refractivity contribution in [2.45, 2.75) is 11.4 Å². The molecule has 5 nitrogen and oxygen atoms in total. The lowest BCUT2D eigenvalue weighted by Crippen LogP contribution is -2.15. The predicted molar refractivity (Wildman–Crippen MR) is 96.1 cm³/mol. The Balaban J connectivity index is 1.87. The average molecular weight is 407 g/mol. The first-order valence-electron chi connectivity index (χ1n) is 6.81. The third-order valence-electron chi connectivity index (χ3n) is 3.37. The van der Waals surface area contributed by atoms with E-state index in [1.165, 1.54) is 11.8 Å². The van der Waals surface area contributed by atoms with E-state index in [-0.39, 0.29) is 6.23 Å². The number of halogens is 1. The SMILES string of the molecule is CSc1nnc2c(n1)O[C@H](c1ccc(Br)s1)Nc1ccccc1-2. The van der Waals surface area contributed by atoms with Crippen LogP contribution in [0.1, 0.15) is 11.1 Å². The van der Waals surface area contributed by atoms with Crippen molar-refractivity contribution >= 4 is 44.7 Å². The van der Waals surface area contributed by atoms with Crippen LogP contribution in [0.25, 0.3) is 11.3 Å². The van der Waals surface area contributed by atoms with Crippen molar-refractivity contribution in [3.05, 3.63) is 45.1 Å². The molecule has 8 heteroatoms. The molecule has 1 aromatic carbocycles. The fourth-order valence-corrected chi connectivity index (χ4v) is 4.03. The van der Waals surface area contributed by atoms with E-state index in [0.29, 0.717) is 16.7 Å². The number of nitrogens with zero attached hydrogens (tertiary/aromatic N) is 3. The standard InChI is InChI=1S/C15H11BrN4OS2/c1-22-15-18-14-12(19-20-15)8-4-2-3-5-9(8)17-13(21-14)10-6-7-11(16)23-10/h2-7,13,17H,1H3/t13-/m1/s1. The quantitative estimate of drug-likeness (QED) is 0.628. The maximum atomic E-state index is 6.13. The van der Waals surface area contributed by atoms with Crippen LogP contribution in [-0.2, 0) is 0 Å². The van der Waals surface area contributed by atoms with E-state index < -0.39 is 0 Å². The number of aromatic nitrogens is 3. The van der Waals surface area contributed by atoms with Gasteiger partial charge >= 0.3 is 0 Å². The molecular formula is C15H11BrN4OS2. The van der Waals surface area contributed by atoms with Gasteiger partial charge in [-0.3, -0.25) is 0 Å². The second kappa shape index (κ2) is 6.10. The summed E-state index contributed by atoms with van der Waals surface area (Å²) in [4.78, 5) is 5.55. The fourth-order valence-electron chi connectivity index (χ4n) is 2.33. The maximum Gasteiger partial charge on any atom is 0.247 e. The zero-order valence-electron chi connectivity index (χ0n) is 12.0. The highest BCUT2D eigenvalue weighted by Gasteiger charge is 2.26. The van der Waals surface area contributed by atoms with Gasteiger partial charge in [-0.05, 0) is 40.4 Å². The first kappa shape index (κ1) is 14.9. The van der Waals surface area contributed by atoms with Crippen LogP contribution in [0.2, 0.25) is 0 Å². The van der Waals surface area contributed by atoms with Gasteiger partial charge in [-0.2, -0.15) is 4.98 Å². The van der Waals surface area contributed by atoms with Gasteiger partial charge < -0.3 is 10.1 Å². The molecule has 1 aliphatic rings. The van der Waals surface area contributed by atoms with Gasteiger partial charge in [0.05, 0.1) is 8.66 Å². The lowest BCUT2D eigenvalue weighted by Gasteiger charge is -2.17. The Morgan fingerprint density at radius 2 is 2.09 bits per heavy atom. The van der Waals surface area contributed by atoms with Gasteiger partial charge in [0, 0.05) is 11.3 Å². The molecule has 0 spiro atoms. The molecule has 0 saturated carbocycles. The van der Waals surface area contributed by atoms with Crippen molar-refractivity contribution in [3.63, 3.8) is 0 Å². The molecule has 0 amide bonds. The van der Waals surface area contributed by atoms with E-state index in [1.54, 1.807) is 11.3 Å². The van der Waals surface area contributed by atoms with Gasteiger partial charge in [-0.25, -0.2) is 0 Å². The van der Waals surface area contributed by atoms with Gasteiger partial charge in [-0.15, -0.1) is 21.5 Å². The Kier molecular flexibility index (Phi) is 3.96. The molecule has 0 unspecified atom stereocenters. The predicted octanol–water partition coefficient (Wildman–Crippen LogP) is 4.59. The molecule has 1 atom stereocenters. The summed E-state index contributed by atoms with van der Waals surface area (Å²) in [7, 11) is 0. The third-order valence-corrected chi connectivity index (χ3v) is 5.57. The van der Waals surface area contributed by atoms with Crippen molar-refractivity contribution in [1.29, 1.82) is 0 Å². The van der Waals surface area contributed by atoms with Gasteiger partial charge in [-0.1, -0.05) is 30.0 Å². The number of thioether (sulfide) groups is 1. The maximum absolute atomic E-state index is 6.13. The number of ether oxygens (including phenoxy) is 1. The number of hydrogen-bond donors (Lipinski definition) is 1. The smallest absolute Gasteiger partial charge is 0.247 e. The number of nitrogens with one attached hydrogen (secondary N) is 1. The summed E-state index contributed by atoms with van der Waals surface area (Å²) in [6.07, 6.45) is 1.60. The zero-order chi connectivity index (χ0) is 15.8. The molecule has 23 heavy (non-hydrogen) atoms. The summed E-state index contributed by atoms with van der Waals surface area (Å²) in [5.41, 5.74) is 2.55. The molecule has 2 aromatic heterocycles. The summed E-state index contributed by atoms with van der Waals surface area (Å²) in [5.74, 6) is 0.497. The van der Waals surface area contributed by atoms with E-state index in [4.69, 9.17) is 4.74 Å². The monoisotopic (exact) mass is 406 g/mol. The van der Waals surface area contributed by atoms with Crippen LogP contribution in [0.15, 0.2) is 45.3 Å². The normalized spacial score (nSPS) is 15.8. The Morgan fingerprint density at radius 3 is 2.87 bits per heavy atom. The second-order valence-electron chi connectivity index (χ2n) is 4.78. The Morgan fingerprint density at radius 1 is 1.22 bits per heavy atom. The highest BCUT2D eigenvalue weighted by atomic mass is 79.9. The molecule has 0 saturated heterocycles. The van der Waals surface area contributed by atoms with Crippen molar-refractivity contribution in [2.75, 3.05) is 11.6 Å². The topological polar surface area (TPSA) is 59.9 Å². The van der Waals surface area contributed by atoms with Crippen LogP contribution < -0.4 is 10.1 Å². The van der Waals surface area contributed by atoms with E-state index in [9.17, 15) is 0 Å². The van der Waals surface area contributed by atoms with E-state index in [1.807, 2.05) is 42.7 Å². The molecule has 3 aromatic rings. The number of fused-ring (bicyclic) bond motifs is 3. The van der Waals surface area contributed by atoms with Crippen molar-refractivity contribution < 1.29 is 4.74 Å². The number of thiophene rings is 1. The highest BCUT2D eigenvalue weighted by Crippen LogP contribution is 2.40. The van der Waals surface area contributed by atoms with Crippen LogP contribution in [0.4, 0.5) is 5.69 Å². The first-order valence-corrected chi connectivity index (χ1v) is 9.64. The molecule has 0 aliphatic carbocycles. The van der Waals surface area contributed by atoms with Crippen molar-refractivity contribution in [2.24, 2.45) is 0 Å². The summed E-state index contributed by atoms with van der Waals surface area (Å²) < 4.78 is 7.19. The highest BCUT2D eigenvalue weighted by molar-refractivity contribution is 9.11. The molecule has 0 radical (unpaired) electrons. The van der Waals surface area contributed by atoms with Crippen LogP contribution >= 0.6 is 39.0 Å². The summed E-state index contributed by atoms with van der Waals surface area (Å²) in [5, 5.41) is 12.5. The Bertz CT molecular complexity index is 870. The minimum Gasteiger partial charge on any atom is -0.447 e. The largest absolute Gasteiger partial charge is 0.447 e. The minimum atomic E-state index is -0.319. The lowest BCUT2D eigenvalue weighted by atomic mass is 10.1. The summed E-state index contributed by atoms with van der Waals surface area (Å²) >= 11 is 6.56. The number of benzene rings is 1. The average Bonchev–Trinajstić information content (AvgIpc) is 2.93. The van der Waals surface area contributed by atoms with Crippen LogP contribution in [-0.4, -0.2) is 21.4 Å². The van der Waals surface area contributed by atoms with E-state index >= 15 is 0 Å². The van der Waals surface area contributed by atoms with E-state index in [2.05, 4.69) is 36.4 Å². The fraction of sp³-hybridized carbons (Fsp3) is 0.133. The van der Waals surface area contributed by atoms with Crippen LogP contribution in [0.3, 0.4) is 0 Å². The van der Waals surface area contributed by atoms with Crippen LogP contribution in [0.5, 0.6) is 5.88 Å². The third kappa shape index (κ3) is 2.82.